The predicted molar refractivity (Wildman–Crippen MR) is 111 cm³/mol. The molecule has 1 atom stereocenters. The van der Waals surface area contributed by atoms with E-state index in [2.05, 4.69) is 18.2 Å². The average Bonchev–Trinajstić information content (AvgIpc) is 2.93. The summed E-state index contributed by atoms with van der Waals surface area (Å²) in [5, 5.41) is 0.732. The van der Waals surface area contributed by atoms with Crippen molar-refractivity contribution in [2.45, 2.75) is 11.0 Å². The van der Waals surface area contributed by atoms with Crippen LogP contribution >= 0.6 is 23.1 Å². The Morgan fingerprint density at radius 3 is 2.62 bits per heavy atom. The fraction of sp³-hybridized carbons (Fsp3) is 0.200. The number of thiophene rings is 1. The summed E-state index contributed by atoms with van der Waals surface area (Å²) in [6, 6.07) is 10.3. The van der Waals surface area contributed by atoms with Crippen LogP contribution in [0.2, 0.25) is 0 Å². The summed E-state index contributed by atoms with van der Waals surface area (Å²) >= 11 is 3.31. The number of hydrogen-bond acceptors (Lipinski definition) is 4. The summed E-state index contributed by atoms with van der Waals surface area (Å²) in [6.45, 7) is 0. The number of aryl methyl sites for hydroxylation is 1. The Morgan fingerprint density at radius 1 is 1.08 bits per heavy atom. The molecule has 1 unspecified atom stereocenters. The maximum absolute atomic E-state index is 12.9. The van der Waals surface area contributed by atoms with Crippen LogP contribution < -0.4 is 11.2 Å². The number of benzene rings is 1. The van der Waals surface area contributed by atoms with Gasteiger partial charge in [-0.3, -0.25) is 13.9 Å². The minimum atomic E-state index is -0.285. The largest absolute Gasteiger partial charge is 0.331 e. The van der Waals surface area contributed by atoms with E-state index in [4.69, 9.17) is 0 Å². The molecule has 0 N–H and O–H groups in total. The fourth-order valence-electron chi connectivity index (χ4n) is 3.17. The second-order valence-corrected chi connectivity index (χ2v) is 8.39. The highest BCUT2D eigenvalue weighted by molar-refractivity contribution is 7.98. The lowest BCUT2D eigenvalue weighted by Gasteiger charge is -2.13. The molecule has 0 amide bonds. The first-order valence-corrected chi connectivity index (χ1v) is 10.2. The van der Waals surface area contributed by atoms with Crippen LogP contribution in [-0.4, -0.2) is 9.13 Å². The van der Waals surface area contributed by atoms with E-state index in [1.54, 1.807) is 30.4 Å². The van der Waals surface area contributed by atoms with Gasteiger partial charge in [0, 0.05) is 30.3 Å². The first-order valence-electron chi connectivity index (χ1n) is 8.30. The van der Waals surface area contributed by atoms with Crippen molar-refractivity contribution in [3.8, 4) is 0 Å². The summed E-state index contributed by atoms with van der Waals surface area (Å²) in [4.78, 5) is 26.9. The quantitative estimate of drug-likeness (QED) is 0.691. The topological polar surface area (TPSA) is 44.0 Å². The predicted octanol–water partition coefficient (Wildman–Crippen LogP) is 3.86. The van der Waals surface area contributed by atoms with Crippen molar-refractivity contribution in [2.24, 2.45) is 14.1 Å². The van der Waals surface area contributed by atoms with Crippen molar-refractivity contribution in [2.75, 3.05) is 0 Å². The van der Waals surface area contributed by atoms with Crippen molar-refractivity contribution >= 4 is 39.4 Å². The summed E-state index contributed by atoms with van der Waals surface area (Å²) < 4.78 is 2.78. The third-order valence-electron chi connectivity index (χ3n) is 4.55. The Balaban J connectivity index is 1.86. The molecule has 4 nitrogen and oxygen atoms in total. The summed E-state index contributed by atoms with van der Waals surface area (Å²) in [7, 11) is 3.27. The van der Waals surface area contributed by atoms with Crippen LogP contribution in [0, 0.1) is 0 Å². The number of rotatable bonds is 3. The number of nitrogens with zero attached hydrogens (tertiary/aromatic N) is 2. The lowest BCUT2D eigenvalue weighted by molar-refractivity contribution is 0.716. The van der Waals surface area contributed by atoms with E-state index in [0.717, 1.165) is 21.0 Å². The molecule has 0 spiro atoms. The number of aromatic nitrogens is 2. The zero-order chi connectivity index (χ0) is 18.3. The Bertz CT molecular complexity index is 1150. The number of allylic oxidation sites excluding steroid dienone is 2. The van der Waals surface area contributed by atoms with Crippen molar-refractivity contribution in [3.05, 3.63) is 85.4 Å². The maximum Gasteiger partial charge on any atom is 0.331 e. The van der Waals surface area contributed by atoms with E-state index >= 15 is 0 Å². The molecule has 0 saturated heterocycles. The van der Waals surface area contributed by atoms with Crippen molar-refractivity contribution in [3.63, 3.8) is 0 Å². The lowest BCUT2D eigenvalue weighted by atomic mass is 10.1. The molecule has 0 radical (unpaired) electrons. The van der Waals surface area contributed by atoms with Gasteiger partial charge in [-0.15, -0.1) is 23.1 Å². The second-order valence-electron chi connectivity index (χ2n) is 6.23. The van der Waals surface area contributed by atoms with Crippen LogP contribution in [0.5, 0.6) is 0 Å². The molecule has 26 heavy (non-hydrogen) atoms. The van der Waals surface area contributed by atoms with Crippen LogP contribution in [-0.2, 0) is 19.8 Å². The van der Waals surface area contributed by atoms with Gasteiger partial charge in [0.2, 0.25) is 0 Å². The zero-order valence-electron chi connectivity index (χ0n) is 14.5. The maximum atomic E-state index is 12.9. The van der Waals surface area contributed by atoms with Gasteiger partial charge in [0.1, 0.15) is 4.83 Å². The third-order valence-corrected chi connectivity index (χ3v) is 7.05. The highest BCUT2D eigenvalue weighted by atomic mass is 32.2. The Hall–Kier alpha value is -2.31. The molecule has 2 heterocycles. The van der Waals surface area contributed by atoms with Gasteiger partial charge in [0.05, 0.1) is 10.6 Å². The van der Waals surface area contributed by atoms with Crippen molar-refractivity contribution in [1.82, 2.24) is 9.13 Å². The molecular formula is C20H18N2O2S2. The van der Waals surface area contributed by atoms with Gasteiger partial charge in [0.25, 0.3) is 5.56 Å². The Labute approximate surface area is 159 Å². The van der Waals surface area contributed by atoms with E-state index < -0.39 is 0 Å². The SMILES string of the molecule is Cn1c(=O)c2c3c(sc2n(C)c1=O)C=CC=CC3SCc1ccccc1. The molecule has 0 saturated carbocycles. The summed E-state index contributed by atoms with van der Waals surface area (Å²) in [6.07, 6.45) is 8.20. The third kappa shape index (κ3) is 2.79. The number of fused-ring (bicyclic) bond motifs is 3. The molecule has 1 aliphatic rings. The van der Waals surface area contributed by atoms with Crippen LogP contribution in [0.25, 0.3) is 16.3 Å². The summed E-state index contributed by atoms with van der Waals surface area (Å²) in [5.74, 6) is 0.860. The normalized spacial score (nSPS) is 16.0. The first kappa shape index (κ1) is 17.1. The molecule has 0 bridgehead atoms. The van der Waals surface area contributed by atoms with Crippen molar-refractivity contribution < 1.29 is 0 Å². The van der Waals surface area contributed by atoms with Gasteiger partial charge in [-0.1, -0.05) is 48.6 Å². The van der Waals surface area contributed by atoms with Gasteiger partial charge in [-0.2, -0.15) is 0 Å². The molecule has 2 aromatic heterocycles. The molecule has 132 valence electrons. The Kier molecular flexibility index (Phi) is 4.46. The van der Waals surface area contributed by atoms with E-state index in [1.165, 1.54) is 21.5 Å². The molecule has 0 fully saturated rings. The first-order chi connectivity index (χ1) is 12.6. The van der Waals surface area contributed by atoms with Gasteiger partial charge in [-0.05, 0) is 11.6 Å². The minimum Gasteiger partial charge on any atom is -0.287 e. The van der Waals surface area contributed by atoms with Gasteiger partial charge in [-0.25, -0.2) is 4.79 Å². The molecular weight excluding hydrogens is 364 g/mol. The second kappa shape index (κ2) is 6.78. The van der Waals surface area contributed by atoms with E-state index in [-0.39, 0.29) is 16.5 Å². The fourth-order valence-corrected chi connectivity index (χ4v) is 5.63. The molecule has 0 aliphatic heterocycles. The zero-order valence-corrected chi connectivity index (χ0v) is 16.1. The number of hydrogen-bond donors (Lipinski definition) is 0. The molecule has 1 aromatic carbocycles. The molecule has 1 aliphatic carbocycles. The van der Waals surface area contributed by atoms with Gasteiger partial charge < -0.3 is 0 Å². The highest BCUT2D eigenvalue weighted by Gasteiger charge is 2.24. The molecule has 3 aromatic rings. The van der Waals surface area contributed by atoms with Gasteiger partial charge in [0.15, 0.2) is 0 Å². The van der Waals surface area contributed by atoms with E-state index in [9.17, 15) is 9.59 Å². The van der Waals surface area contributed by atoms with Gasteiger partial charge >= 0.3 is 5.69 Å². The summed E-state index contributed by atoms with van der Waals surface area (Å²) in [5.41, 5.74) is 1.78. The van der Waals surface area contributed by atoms with E-state index in [1.807, 2.05) is 36.4 Å². The van der Waals surface area contributed by atoms with Crippen LogP contribution in [0.3, 0.4) is 0 Å². The monoisotopic (exact) mass is 382 g/mol. The molecule has 4 rings (SSSR count). The lowest BCUT2D eigenvalue weighted by Crippen LogP contribution is -2.36. The Morgan fingerprint density at radius 2 is 1.85 bits per heavy atom. The van der Waals surface area contributed by atoms with Crippen LogP contribution in [0.4, 0.5) is 0 Å². The van der Waals surface area contributed by atoms with E-state index in [0.29, 0.717) is 5.39 Å². The smallest absolute Gasteiger partial charge is 0.287 e. The highest BCUT2D eigenvalue weighted by Crippen LogP contribution is 2.43. The van der Waals surface area contributed by atoms with Crippen molar-refractivity contribution in [1.29, 1.82) is 0 Å². The average molecular weight is 383 g/mol. The standard InChI is InChI=1S/C20H18N2O2S2/c1-21-18(23)17-16-14(25-12-13-8-4-3-5-9-13)10-6-7-11-15(16)26-19(17)22(2)20(21)24/h3-11,14H,12H2,1-2H3. The minimum absolute atomic E-state index is 0.0687. The number of thioether (sulfide) groups is 1. The van der Waals surface area contributed by atoms with Crippen LogP contribution in [0.1, 0.15) is 21.3 Å². The van der Waals surface area contributed by atoms with Crippen LogP contribution in [0.15, 0.2) is 58.1 Å². The molecule has 6 heteroatoms.